The molecule has 0 aromatic carbocycles. The van der Waals surface area contributed by atoms with Gasteiger partial charge in [0.2, 0.25) is 0 Å². The van der Waals surface area contributed by atoms with Crippen LogP contribution in [0.5, 0.6) is 0 Å². The normalized spacial score (nSPS) is 11.9. The van der Waals surface area contributed by atoms with Crippen molar-refractivity contribution in [3.8, 4) is 0 Å². The van der Waals surface area contributed by atoms with Gasteiger partial charge in [-0.25, -0.2) is 9.97 Å². The molecule has 15 heavy (non-hydrogen) atoms. The fourth-order valence-electron chi connectivity index (χ4n) is 1.77. The number of nitrogens with zero attached hydrogens (tertiary/aromatic N) is 2. The maximum atomic E-state index is 4.60. The summed E-state index contributed by atoms with van der Waals surface area (Å²) in [6, 6.07) is 2.01. The number of hydrogen-bond donors (Lipinski definition) is 2. The number of aromatic amines is 2. The smallest absolute Gasteiger partial charge is 0.139 e. The highest BCUT2D eigenvalue weighted by Crippen LogP contribution is 2.22. The van der Waals surface area contributed by atoms with Gasteiger partial charge in [0.25, 0.3) is 0 Å². The van der Waals surface area contributed by atoms with Crippen LogP contribution in [-0.4, -0.2) is 19.9 Å². The molecule has 0 fully saturated rings. The van der Waals surface area contributed by atoms with Crippen molar-refractivity contribution in [3.63, 3.8) is 0 Å². The summed E-state index contributed by atoms with van der Waals surface area (Å²) in [6.07, 6.45) is 3.72. The number of rotatable bonds is 1. The van der Waals surface area contributed by atoms with Gasteiger partial charge in [0.15, 0.2) is 0 Å². The summed E-state index contributed by atoms with van der Waals surface area (Å²) in [6.45, 7) is 4.25. The van der Waals surface area contributed by atoms with E-state index >= 15 is 0 Å². The molecule has 0 bridgehead atoms. The number of nitrogens with one attached hydrogen (secondary N) is 2. The van der Waals surface area contributed by atoms with E-state index in [9.17, 15) is 0 Å². The van der Waals surface area contributed by atoms with Gasteiger partial charge in [-0.3, -0.25) is 0 Å². The lowest BCUT2D eigenvalue weighted by Gasteiger charge is -1.95. The van der Waals surface area contributed by atoms with Crippen molar-refractivity contribution in [3.05, 3.63) is 24.3 Å². The minimum atomic E-state index is 0.409. The van der Waals surface area contributed by atoms with Crippen LogP contribution in [0.25, 0.3) is 22.1 Å². The molecule has 4 heteroatoms. The molecule has 76 valence electrons. The van der Waals surface area contributed by atoms with Gasteiger partial charge in [-0.15, -0.1) is 0 Å². The minimum absolute atomic E-state index is 0.409. The first-order valence-electron chi connectivity index (χ1n) is 5.07. The quantitative estimate of drug-likeness (QED) is 0.634. The molecular formula is C11H12N4. The SMILES string of the molecule is CC(C)c1nc2c(cnc3[nH]ccc32)[nH]1. The summed E-state index contributed by atoms with van der Waals surface area (Å²) in [7, 11) is 0. The van der Waals surface area contributed by atoms with Crippen LogP contribution >= 0.6 is 0 Å². The fraction of sp³-hybridized carbons (Fsp3) is 0.273. The van der Waals surface area contributed by atoms with Gasteiger partial charge in [-0.2, -0.15) is 0 Å². The molecule has 0 unspecified atom stereocenters. The second-order valence-electron chi connectivity index (χ2n) is 4.04. The highest BCUT2D eigenvalue weighted by Gasteiger charge is 2.09. The number of hydrogen-bond acceptors (Lipinski definition) is 2. The number of pyridine rings is 1. The van der Waals surface area contributed by atoms with E-state index in [2.05, 4.69) is 33.8 Å². The first-order chi connectivity index (χ1) is 7.25. The first kappa shape index (κ1) is 8.47. The predicted octanol–water partition coefficient (Wildman–Crippen LogP) is 2.56. The van der Waals surface area contributed by atoms with Gasteiger partial charge in [-0.05, 0) is 6.07 Å². The number of imidazole rings is 1. The van der Waals surface area contributed by atoms with Crippen molar-refractivity contribution < 1.29 is 0 Å². The molecule has 0 atom stereocenters. The van der Waals surface area contributed by atoms with Crippen LogP contribution in [-0.2, 0) is 0 Å². The Bertz CT molecular complexity index is 618. The molecule has 0 aliphatic rings. The molecule has 0 saturated carbocycles. The molecular weight excluding hydrogens is 188 g/mol. The molecule has 0 saturated heterocycles. The summed E-state index contributed by atoms with van der Waals surface area (Å²) >= 11 is 0. The standard InChI is InChI=1S/C11H12N4/c1-6(2)10-14-8-5-13-11-7(3-4-12-11)9(8)15-10/h3-6H,1-2H3,(H,12,13)(H,14,15). The van der Waals surface area contributed by atoms with Gasteiger partial charge in [0.1, 0.15) is 17.0 Å². The van der Waals surface area contributed by atoms with Crippen molar-refractivity contribution in [2.24, 2.45) is 0 Å². The van der Waals surface area contributed by atoms with Crippen LogP contribution in [0.4, 0.5) is 0 Å². The Labute approximate surface area is 86.7 Å². The zero-order valence-corrected chi connectivity index (χ0v) is 8.70. The maximum Gasteiger partial charge on any atom is 0.139 e. The number of fused-ring (bicyclic) bond motifs is 3. The molecule has 3 aromatic heterocycles. The van der Waals surface area contributed by atoms with Crippen LogP contribution in [0.3, 0.4) is 0 Å². The number of aromatic nitrogens is 4. The molecule has 0 aliphatic heterocycles. The second kappa shape index (κ2) is 2.82. The van der Waals surface area contributed by atoms with Crippen molar-refractivity contribution in [2.45, 2.75) is 19.8 Å². The lowest BCUT2D eigenvalue weighted by molar-refractivity contribution is 0.799. The number of H-pyrrole nitrogens is 2. The monoisotopic (exact) mass is 200 g/mol. The van der Waals surface area contributed by atoms with E-state index in [4.69, 9.17) is 0 Å². The first-order valence-corrected chi connectivity index (χ1v) is 5.07. The molecule has 2 N–H and O–H groups in total. The third-order valence-corrected chi connectivity index (χ3v) is 2.60. The van der Waals surface area contributed by atoms with Gasteiger partial charge in [0, 0.05) is 17.5 Å². The van der Waals surface area contributed by atoms with Crippen molar-refractivity contribution in [2.75, 3.05) is 0 Å². The Morgan fingerprint density at radius 2 is 2.20 bits per heavy atom. The lowest BCUT2D eigenvalue weighted by atomic mass is 10.2. The predicted molar refractivity (Wildman–Crippen MR) is 59.8 cm³/mol. The van der Waals surface area contributed by atoms with E-state index in [0.29, 0.717) is 5.92 Å². The molecule has 0 aliphatic carbocycles. The molecule has 3 aromatic rings. The van der Waals surface area contributed by atoms with Gasteiger partial charge in [-0.1, -0.05) is 13.8 Å². The zero-order chi connectivity index (χ0) is 10.4. The molecule has 0 spiro atoms. The Morgan fingerprint density at radius 3 is 3.00 bits per heavy atom. The molecule has 0 amide bonds. The van der Waals surface area contributed by atoms with Gasteiger partial charge >= 0.3 is 0 Å². The summed E-state index contributed by atoms with van der Waals surface area (Å²) < 4.78 is 0. The van der Waals surface area contributed by atoms with E-state index in [1.807, 2.05) is 18.5 Å². The Balaban J connectivity index is 2.41. The molecule has 0 radical (unpaired) electrons. The van der Waals surface area contributed by atoms with Crippen LogP contribution in [0.15, 0.2) is 18.5 Å². The lowest BCUT2D eigenvalue weighted by Crippen LogP contribution is -1.88. The summed E-state index contributed by atoms with van der Waals surface area (Å²) in [5, 5.41) is 1.08. The van der Waals surface area contributed by atoms with E-state index < -0.39 is 0 Å². The minimum Gasteiger partial charge on any atom is -0.346 e. The summed E-state index contributed by atoms with van der Waals surface area (Å²) in [5.41, 5.74) is 2.90. The van der Waals surface area contributed by atoms with E-state index in [-0.39, 0.29) is 0 Å². The third kappa shape index (κ3) is 1.14. The highest BCUT2D eigenvalue weighted by molar-refractivity contribution is 6.00. The summed E-state index contributed by atoms with van der Waals surface area (Å²) in [5.74, 6) is 1.42. The van der Waals surface area contributed by atoms with Gasteiger partial charge in [0.05, 0.1) is 11.7 Å². The van der Waals surface area contributed by atoms with Crippen LogP contribution in [0, 0.1) is 0 Å². The van der Waals surface area contributed by atoms with Crippen molar-refractivity contribution >= 4 is 22.1 Å². The molecule has 3 rings (SSSR count). The van der Waals surface area contributed by atoms with Gasteiger partial charge < -0.3 is 9.97 Å². The topological polar surface area (TPSA) is 57.4 Å². The van der Waals surface area contributed by atoms with Crippen molar-refractivity contribution in [1.29, 1.82) is 0 Å². The fourth-order valence-corrected chi connectivity index (χ4v) is 1.77. The second-order valence-corrected chi connectivity index (χ2v) is 4.04. The van der Waals surface area contributed by atoms with E-state index in [0.717, 1.165) is 27.9 Å². The average molecular weight is 200 g/mol. The van der Waals surface area contributed by atoms with Crippen LogP contribution in [0.2, 0.25) is 0 Å². The van der Waals surface area contributed by atoms with Crippen LogP contribution < -0.4 is 0 Å². The average Bonchev–Trinajstić information content (AvgIpc) is 2.82. The van der Waals surface area contributed by atoms with Crippen molar-refractivity contribution in [1.82, 2.24) is 19.9 Å². The molecule has 4 nitrogen and oxygen atoms in total. The maximum absolute atomic E-state index is 4.60. The Hall–Kier alpha value is -1.84. The summed E-state index contributed by atoms with van der Waals surface area (Å²) in [4.78, 5) is 15.3. The van der Waals surface area contributed by atoms with E-state index in [1.165, 1.54) is 0 Å². The van der Waals surface area contributed by atoms with Crippen LogP contribution in [0.1, 0.15) is 25.6 Å². The molecule has 3 heterocycles. The third-order valence-electron chi connectivity index (χ3n) is 2.60. The Morgan fingerprint density at radius 1 is 1.33 bits per heavy atom. The largest absolute Gasteiger partial charge is 0.346 e. The highest BCUT2D eigenvalue weighted by atomic mass is 15.0. The van der Waals surface area contributed by atoms with E-state index in [1.54, 1.807) is 0 Å². The zero-order valence-electron chi connectivity index (χ0n) is 8.70. The Kier molecular flexibility index (Phi) is 1.59.